The molecule has 1 saturated heterocycles. The molecule has 0 aromatic heterocycles. The standard InChI is InChI=1S/C20H21NO5/c22-18(21-12-10-20(25,11-13-21)19(23)24)14-26-17-9-5-4-8-16(17)15-6-2-1-3-7-15/h1-9,25H,10-14H2,(H,23,24). The number of nitrogens with zero attached hydrogens (tertiary/aromatic N) is 1. The van der Waals surface area contributed by atoms with Gasteiger partial charge in [0.25, 0.3) is 5.91 Å². The summed E-state index contributed by atoms with van der Waals surface area (Å²) in [4.78, 5) is 25.0. The highest BCUT2D eigenvalue weighted by Crippen LogP contribution is 2.29. The van der Waals surface area contributed by atoms with Crippen LogP contribution in [0.25, 0.3) is 11.1 Å². The first-order chi connectivity index (χ1) is 12.5. The third kappa shape index (κ3) is 3.86. The predicted molar refractivity (Wildman–Crippen MR) is 95.8 cm³/mol. The molecule has 3 rings (SSSR count). The number of carboxylic acid groups (broad SMARTS) is 1. The zero-order valence-electron chi connectivity index (χ0n) is 14.3. The summed E-state index contributed by atoms with van der Waals surface area (Å²) >= 11 is 0. The summed E-state index contributed by atoms with van der Waals surface area (Å²) < 4.78 is 5.74. The number of hydrogen-bond donors (Lipinski definition) is 2. The Morgan fingerprint density at radius 2 is 1.62 bits per heavy atom. The Morgan fingerprint density at radius 1 is 1.00 bits per heavy atom. The molecule has 2 aromatic rings. The fourth-order valence-corrected chi connectivity index (χ4v) is 3.02. The van der Waals surface area contributed by atoms with Crippen molar-refractivity contribution in [3.05, 3.63) is 54.6 Å². The maximum atomic E-state index is 12.4. The van der Waals surface area contributed by atoms with Crippen molar-refractivity contribution in [1.29, 1.82) is 0 Å². The van der Waals surface area contributed by atoms with Crippen molar-refractivity contribution in [2.24, 2.45) is 0 Å². The van der Waals surface area contributed by atoms with E-state index in [-0.39, 0.29) is 38.4 Å². The Labute approximate surface area is 151 Å². The van der Waals surface area contributed by atoms with Crippen LogP contribution in [0.2, 0.25) is 0 Å². The van der Waals surface area contributed by atoms with E-state index in [1.807, 2.05) is 54.6 Å². The summed E-state index contributed by atoms with van der Waals surface area (Å²) in [7, 11) is 0. The van der Waals surface area contributed by atoms with E-state index < -0.39 is 11.6 Å². The minimum absolute atomic E-state index is 0.0225. The lowest BCUT2D eigenvalue weighted by molar-refractivity contribution is -0.165. The van der Waals surface area contributed by atoms with Gasteiger partial charge in [0.05, 0.1) is 0 Å². The SMILES string of the molecule is O=C(COc1ccccc1-c1ccccc1)N1CCC(O)(C(=O)O)CC1. The summed E-state index contributed by atoms with van der Waals surface area (Å²) in [6.45, 7) is 0.270. The maximum Gasteiger partial charge on any atom is 0.335 e. The van der Waals surface area contributed by atoms with E-state index >= 15 is 0 Å². The van der Waals surface area contributed by atoms with Crippen LogP contribution in [0.5, 0.6) is 5.75 Å². The Morgan fingerprint density at radius 3 is 2.27 bits per heavy atom. The van der Waals surface area contributed by atoms with Crippen LogP contribution in [-0.4, -0.2) is 52.3 Å². The topological polar surface area (TPSA) is 87.1 Å². The Balaban J connectivity index is 1.62. The second-order valence-corrected chi connectivity index (χ2v) is 6.37. The number of carboxylic acids is 1. The molecule has 1 aliphatic heterocycles. The fourth-order valence-electron chi connectivity index (χ4n) is 3.02. The van der Waals surface area contributed by atoms with Crippen molar-refractivity contribution in [2.75, 3.05) is 19.7 Å². The van der Waals surface area contributed by atoms with Crippen molar-refractivity contribution in [1.82, 2.24) is 4.90 Å². The lowest BCUT2D eigenvalue weighted by Gasteiger charge is -2.35. The number of ether oxygens (including phenoxy) is 1. The largest absolute Gasteiger partial charge is 0.483 e. The summed E-state index contributed by atoms with van der Waals surface area (Å²) in [6.07, 6.45) is 0.0450. The molecule has 2 aromatic carbocycles. The number of amides is 1. The van der Waals surface area contributed by atoms with E-state index in [9.17, 15) is 14.7 Å². The Kier molecular flexibility index (Phi) is 5.23. The van der Waals surface area contributed by atoms with Crippen LogP contribution in [0.1, 0.15) is 12.8 Å². The highest BCUT2D eigenvalue weighted by molar-refractivity contribution is 5.80. The smallest absolute Gasteiger partial charge is 0.335 e. The Hall–Kier alpha value is -2.86. The molecular weight excluding hydrogens is 334 g/mol. The molecule has 6 nitrogen and oxygen atoms in total. The van der Waals surface area contributed by atoms with Crippen LogP contribution in [0.15, 0.2) is 54.6 Å². The molecule has 0 aliphatic carbocycles. The average molecular weight is 355 g/mol. The lowest BCUT2D eigenvalue weighted by atomic mass is 9.91. The molecule has 2 N–H and O–H groups in total. The monoisotopic (exact) mass is 355 g/mol. The number of aliphatic hydroxyl groups is 1. The van der Waals surface area contributed by atoms with Gasteiger partial charge in [0.1, 0.15) is 5.75 Å². The molecule has 1 aliphatic rings. The van der Waals surface area contributed by atoms with Gasteiger partial charge in [-0.2, -0.15) is 0 Å². The third-order valence-corrected chi connectivity index (χ3v) is 4.66. The number of aliphatic carboxylic acids is 1. The van der Waals surface area contributed by atoms with Gasteiger partial charge >= 0.3 is 5.97 Å². The van der Waals surface area contributed by atoms with E-state index in [0.29, 0.717) is 5.75 Å². The molecule has 1 heterocycles. The number of carbonyl (C=O) groups is 2. The van der Waals surface area contributed by atoms with E-state index in [1.54, 1.807) is 0 Å². The summed E-state index contributed by atoms with van der Waals surface area (Å²) in [5.74, 6) is -0.843. The second kappa shape index (κ2) is 7.58. The van der Waals surface area contributed by atoms with Crippen LogP contribution in [0.3, 0.4) is 0 Å². The quantitative estimate of drug-likeness (QED) is 0.858. The number of likely N-dealkylation sites (tertiary alicyclic amines) is 1. The number of rotatable bonds is 5. The first-order valence-corrected chi connectivity index (χ1v) is 8.50. The highest BCUT2D eigenvalue weighted by Gasteiger charge is 2.40. The normalized spacial score (nSPS) is 16.1. The van der Waals surface area contributed by atoms with Crippen molar-refractivity contribution < 1.29 is 24.5 Å². The van der Waals surface area contributed by atoms with E-state index in [1.165, 1.54) is 4.90 Å². The van der Waals surface area contributed by atoms with E-state index in [2.05, 4.69) is 0 Å². The molecule has 6 heteroatoms. The first kappa shape index (κ1) is 17.9. The van der Waals surface area contributed by atoms with E-state index in [0.717, 1.165) is 11.1 Å². The van der Waals surface area contributed by atoms with Crippen molar-refractivity contribution in [3.63, 3.8) is 0 Å². The van der Waals surface area contributed by atoms with Crippen molar-refractivity contribution >= 4 is 11.9 Å². The summed E-state index contributed by atoms with van der Waals surface area (Å²) in [5.41, 5.74) is 0.164. The summed E-state index contributed by atoms with van der Waals surface area (Å²) in [6, 6.07) is 17.3. The molecule has 1 amide bonds. The van der Waals surface area contributed by atoms with Gasteiger partial charge in [-0.15, -0.1) is 0 Å². The zero-order valence-corrected chi connectivity index (χ0v) is 14.3. The van der Waals surface area contributed by atoms with Crippen molar-refractivity contribution in [3.8, 4) is 16.9 Å². The number of hydrogen-bond acceptors (Lipinski definition) is 4. The van der Waals surface area contributed by atoms with Gasteiger partial charge in [0, 0.05) is 31.5 Å². The molecule has 136 valence electrons. The first-order valence-electron chi connectivity index (χ1n) is 8.50. The molecule has 0 bridgehead atoms. The Bertz CT molecular complexity index is 782. The molecule has 1 fully saturated rings. The van der Waals surface area contributed by atoms with Gasteiger partial charge in [-0.05, 0) is 11.6 Å². The van der Waals surface area contributed by atoms with Gasteiger partial charge in [0.15, 0.2) is 12.2 Å². The van der Waals surface area contributed by atoms with Crippen LogP contribution in [0.4, 0.5) is 0 Å². The molecule has 0 unspecified atom stereocenters. The lowest BCUT2D eigenvalue weighted by Crippen LogP contribution is -2.51. The van der Waals surface area contributed by atoms with Gasteiger partial charge in [-0.3, -0.25) is 4.79 Å². The van der Waals surface area contributed by atoms with E-state index in [4.69, 9.17) is 9.84 Å². The molecule has 0 atom stereocenters. The minimum Gasteiger partial charge on any atom is -0.483 e. The highest BCUT2D eigenvalue weighted by atomic mass is 16.5. The molecule has 26 heavy (non-hydrogen) atoms. The maximum absolute atomic E-state index is 12.4. The number of para-hydroxylation sites is 1. The predicted octanol–water partition coefficient (Wildman–Crippen LogP) is 2.17. The molecule has 0 spiro atoms. The molecular formula is C20H21NO5. The van der Waals surface area contributed by atoms with Crippen LogP contribution in [0, 0.1) is 0 Å². The van der Waals surface area contributed by atoms with Gasteiger partial charge in [-0.25, -0.2) is 4.79 Å². The van der Waals surface area contributed by atoms with Gasteiger partial charge in [0.2, 0.25) is 0 Å². The van der Waals surface area contributed by atoms with Crippen molar-refractivity contribution in [2.45, 2.75) is 18.4 Å². The van der Waals surface area contributed by atoms with Gasteiger partial charge < -0.3 is 19.8 Å². The number of piperidine rings is 1. The third-order valence-electron chi connectivity index (χ3n) is 4.66. The molecule has 0 radical (unpaired) electrons. The zero-order chi connectivity index (χ0) is 18.6. The summed E-state index contributed by atoms with van der Waals surface area (Å²) in [5, 5.41) is 19.0. The van der Waals surface area contributed by atoms with Crippen LogP contribution < -0.4 is 4.74 Å². The van der Waals surface area contributed by atoms with Crippen LogP contribution >= 0.6 is 0 Å². The minimum atomic E-state index is -1.74. The number of benzene rings is 2. The fraction of sp³-hybridized carbons (Fsp3) is 0.300. The number of carbonyl (C=O) groups excluding carboxylic acids is 1. The van der Waals surface area contributed by atoms with Crippen LogP contribution in [-0.2, 0) is 9.59 Å². The molecule has 0 saturated carbocycles. The average Bonchev–Trinajstić information content (AvgIpc) is 2.67. The van der Waals surface area contributed by atoms with Gasteiger partial charge in [-0.1, -0.05) is 48.5 Å². The second-order valence-electron chi connectivity index (χ2n) is 6.37.